The van der Waals surface area contributed by atoms with Crippen LogP contribution >= 0.6 is 0 Å². The molecule has 2 aliphatic carbocycles. The molecule has 4 fully saturated rings. The third kappa shape index (κ3) is 4.41. The minimum Gasteiger partial charge on any atom is -0.458 e. The number of carbonyl (C=O) groups excluding carboxylic acids is 3. The zero-order valence-electron chi connectivity index (χ0n) is 23.6. The van der Waals surface area contributed by atoms with Crippen LogP contribution in [-0.4, -0.2) is 74.2 Å². The number of esters is 2. The van der Waals surface area contributed by atoms with Crippen molar-refractivity contribution in [3.8, 4) is 0 Å². The van der Waals surface area contributed by atoms with Crippen molar-refractivity contribution in [3.05, 3.63) is 71.8 Å². The Morgan fingerprint density at radius 1 is 0.976 bits per heavy atom. The summed E-state index contributed by atoms with van der Waals surface area (Å²) >= 11 is 0. The van der Waals surface area contributed by atoms with Gasteiger partial charge in [0.15, 0.2) is 6.79 Å². The normalized spacial score (nSPS) is 26.8. The molecule has 4 aliphatic rings. The first-order valence-electron chi connectivity index (χ1n) is 14.8. The minimum absolute atomic E-state index is 0.0782. The lowest BCUT2D eigenvalue weighted by molar-refractivity contribution is -1.05. The molecular weight excluding hydrogens is 524 g/mol. The van der Waals surface area contributed by atoms with E-state index in [1.807, 2.05) is 60.7 Å². The Hall–Kier alpha value is -3.43. The Balaban J connectivity index is 1.19. The number of alkyl carbamates (subject to hydrolysis) is 1. The largest absolute Gasteiger partial charge is 0.458 e. The molecular formula is C32H39N2O7+. The number of nitrogens with zero attached hydrogens (tertiary/aromatic N) is 1. The average molecular weight is 564 g/mol. The fraction of sp³-hybridized carbons (Fsp3) is 0.531. The van der Waals surface area contributed by atoms with Gasteiger partial charge in [0.25, 0.3) is 0 Å². The van der Waals surface area contributed by atoms with Gasteiger partial charge in [-0.15, -0.1) is 0 Å². The molecule has 9 nitrogen and oxygen atoms in total. The lowest BCUT2D eigenvalue weighted by Gasteiger charge is -2.80. The molecule has 9 heteroatoms. The Bertz CT molecular complexity index is 1210. The second kappa shape index (κ2) is 11.1. The van der Waals surface area contributed by atoms with Gasteiger partial charge in [0.2, 0.25) is 5.60 Å². The molecule has 41 heavy (non-hydrogen) atoms. The number of ether oxygens (including phenoxy) is 4. The van der Waals surface area contributed by atoms with Crippen LogP contribution in [0.25, 0.3) is 0 Å². The van der Waals surface area contributed by atoms with Crippen LogP contribution in [0.1, 0.15) is 56.1 Å². The molecule has 218 valence electrons. The quantitative estimate of drug-likeness (QED) is 0.145. The molecule has 2 aromatic carbocycles. The standard InChI is InChI=1S/C32H38N2O7/c1-38-30(37)33-18-10-15-28(35)39-22-40-32(23-11-4-2-5-12-23,24-13-6-3-7-14-24)29(36)41-27-21-26-31(27)17-16-25(31)34(26)19-8-9-20-34/h2-7,11-14,25-27H,8-10,15-22H2,1H3/p+1. The molecule has 2 saturated carbocycles. The summed E-state index contributed by atoms with van der Waals surface area (Å²) in [5.41, 5.74) is -0.252. The van der Waals surface area contributed by atoms with E-state index in [-0.39, 0.29) is 24.5 Å². The van der Waals surface area contributed by atoms with Crippen LogP contribution in [0.2, 0.25) is 0 Å². The zero-order chi connectivity index (χ0) is 28.5. The Kier molecular flexibility index (Phi) is 7.50. The van der Waals surface area contributed by atoms with Gasteiger partial charge in [0.1, 0.15) is 23.6 Å². The second-order valence-electron chi connectivity index (χ2n) is 11.8. The number of hydrogen-bond acceptors (Lipinski definition) is 7. The highest BCUT2D eigenvalue weighted by Crippen LogP contribution is 2.73. The highest BCUT2D eigenvalue weighted by atomic mass is 16.7. The van der Waals surface area contributed by atoms with Gasteiger partial charge in [-0.25, -0.2) is 9.59 Å². The van der Waals surface area contributed by atoms with Crippen molar-refractivity contribution in [2.45, 2.75) is 68.7 Å². The number of methoxy groups -OCH3 is 1. The van der Waals surface area contributed by atoms with E-state index in [0.29, 0.717) is 29.6 Å². The molecule has 0 radical (unpaired) electrons. The molecule has 4 atom stereocenters. The summed E-state index contributed by atoms with van der Waals surface area (Å²) in [5, 5.41) is 2.53. The van der Waals surface area contributed by atoms with E-state index in [1.54, 1.807) is 0 Å². The number of hydrogen-bond donors (Lipinski definition) is 1. The van der Waals surface area contributed by atoms with Crippen molar-refractivity contribution in [2.75, 3.05) is 33.5 Å². The summed E-state index contributed by atoms with van der Waals surface area (Å²) in [6.07, 6.45) is 5.61. The van der Waals surface area contributed by atoms with Crippen molar-refractivity contribution in [1.82, 2.24) is 5.32 Å². The smallest absolute Gasteiger partial charge is 0.406 e. The van der Waals surface area contributed by atoms with E-state index in [9.17, 15) is 14.4 Å². The van der Waals surface area contributed by atoms with E-state index >= 15 is 0 Å². The van der Waals surface area contributed by atoms with Gasteiger partial charge in [0, 0.05) is 38.6 Å². The van der Waals surface area contributed by atoms with Crippen LogP contribution in [0.5, 0.6) is 0 Å². The van der Waals surface area contributed by atoms with E-state index in [2.05, 4.69) is 10.1 Å². The van der Waals surface area contributed by atoms with Crippen LogP contribution in [0.15, 0.2) is 60.7 Å². The second-order valence-corrected chi connectivity index (χ2v) is 11.8. The molecule has 0 aromatic heterocycles. The van der Waals surface area contributed by atoms with Crippen molar-refractivity contribution in [1.29, 1.82) is 0 Å². The lowest BCUT2D eigenvalue weighted by Crippen LogP contribution is -2.94. The van der Waals surface area contributed by atoms with Gasteiger partial charge in [-0.2, -0.15) is 0 Å². The summed E-state index contributed by atoms with van der Waals surface area (Å²) in [7, 11) is 1.28. The third-order valence-corrected chi connectivity index (χ3v) is 10.2. The average Bonchev–Trinajstić information content (AvgIpc) is 3.45. The number of benzene rings is 2. The monoisotopic (exact) mass is 563 g/mol. The van der Waals surface area contributed by atoms with Gasteiger partial charge < -0.3 is 28.7 Å². The Morgan fingerprint density at radius 3 is 2.20 bits per heavy atom. The minimum atomic E-state index is -1.60. The highest BCUT2D eigenvalue weighted by Gasteiger charge is 2.86. The first-order chi connectivity index (χ1) is 20.0. The number of amides is 1. The topological polar surface area (TPSA) is 100 Å². The number of piperidine rings is 2. The fourth-order valence-corrected chi connectivity index (χ4v) is 8.27. The first-order valence-corrected chi connectivity index (χ1v) is 14.8. The lowest BCUT2D eigenvalue weighted by atomic mass is 9.39. The summed E-state index contributed by atoms with van der Waals surface area (Å²) in [5.74, 6) is -0.969. The van der Waals surface area contributed by atoms with Crippen LogP contribution < -0.4 is 5.32 Å². The Labute approximate surface area is 240 Å². The van der Waals surface area contributed by atoms with Crippen molar-refractivity contribution in [2.24, 2.45) is 5.41 Å². The van der Waals surface area contributed by atoms with Crippen molar-refractivity contribution in [3.63, 3.8) is 0 Å². The maximum Gasteiger partial charge on any atom is 0.406 e. The number of nitrogens with one attached hydrogen (secondary N) is 1. The van der Waals surface area contributed by atoms with Gasteiger partial charge in [-0.1, -0.05) is 60.7 Å². The molecule has 6 rings (SSSR count). The molecule has 2 heterocycles. The van der Waals surface area contributed by atoms with E-state index in [4.69, 9.17) is 14.2 Å². The fourth-order valence-electron chi connectivity index (χ4n) is 8.27. The SMILES string of the molecule is COC(=O)NCCCC(=O)OCOC(C(=O)OC1CC2C13CCC3[N+]21CCCC1)(c1ccccc1)c1ccccc1. The number of rotatable bonds is 11. The van der Waals surface area contributed by atoms with E-state index < -0.39 is 30.4 Å². The summed E-state index contributed by atoms with van der Waals surface area (Å²) in [6.45, 7) is 2.38. The van der Waals surface area contributed by atoms with Crippen LogP contribution in [0.3, 0.4) is 0 Å². The number of carbonyl (C=O) groups is 3. The predicted octanol–water partition coefficient (Wildman–Crippen LogP) is 4.04. The maximum absolute atomic E-state index is 14.4. The number of fused-ring (bicyclic) bond motifs is 2. The molecule has 2 spiro atoms. The first kappa shape index (κ1) is 27.7. The third-order valence-electron chi connectivity index (χ3n) is 10.2. The van der Waals surface area contributed by atoms with Gasteiger partial charge in [-0.3, -0.25) is 4.79 Å². The zero-order valence-corrected chi connectivity index (χ0v) is 23.6. The van der Waals surface area contributed by atoms with Crippen LogP contribution in [-0.2, 0) is 34.1 Å². The Morgan fingerprint density at radius 2 is 1.63 bits per heavy atom. The van der Waals surface area contributed by atoms with E-state index in [1.165, 1.54) is 43.9 Å². The summed E-state index contributed by atoms with van der Waals surface area (Å²) < 4.78 is 23.9. The maximum atomic E-state index is 14.4. The van der Waals surface area contributed by atoms with E-state index in [0.717, 1.165) is 12.8 Å². The van der Waals surface area contributed by atoms with Crippen LogP contribution in [0, 0.1) is 5.41 Å². The highest BCUT2D eigenvalue weighted by molar-refractivity contribution is 5.86. The summed E-state index contributed by atoms with van der Waals surface area (Å²) in [4.78, 5) is 38.0. The van der Waals surface area contributed by atoms with Crippen molar-refractivity contribution < 1.29 is 37.8 Å². The molecule has 1 amide bonds. The molecule has 1 N–H and O–H groups in total. The van der Waals surface area contributed by atoms with Crippen LogP contribution in [0.4, 0.5) is 4.79 Å². The van der Waals surface area contributed by atoms with Gasteiger partial charge >= 0.3 is 18.0 Å². The molecule has 2 aromatic rings. The predicted molar refractivity (Wildman–Crippen MR) is 148 cm³/mol. The molecule has 2 aliphatic heterocycles. The van der Waals surface area contributed by atoms with Gasteiger partial charge in [-0.05, 0) is 24.0 Å². The van der Waals surface area contributed by atoms with Gasteiger partial charge in [0.05, 0.1) is 20.2 Å². The van der Waals surface area contributed by atoms with Crippen molar-refractivity contribution >= 4 is 18.0 Å². The molecule has 4 unspecified atom stereocenters. The molecule has 0 bridgehead atoms. The summed E-state index contributed by atoms with van der Waals surface area (Å²) in [6, 6.07) is 19.8. The number of quaternary nitrogens is 1. The molecule has 2 saturated heterocycles.